The molecule has 0 aliphatic rings. The Balaban J connectivity index is 1.84. The largest absolute Gasteiger partial charge is 0.320 e. The second kappa shape index (κ2) is 7.03. The van der Waals surface area contributed by atoms with Crippen molar-refractivity contribution in [3.63, 3.8) is 0 Å². The highest BCUT2D eigenvalue weighted by Gasteiger charge is 2.13. The fourth-order valence-electron chi connectivity index (χ4n) is 1.77. The van der Waals surface area contributed by atoms with E-state index in [2.05, 4.69) is 10.3 Å². The molecule has 1 aromatic carbocycles. The lowest BCUT2D eigenvalue weighted by Gasteiger charge is -2.11. The fourth-order valence-corrected chi connectivity index (χ4v) is 1.88. The number of rotatable bonds is 5. The van der Waals surface area contributed by atoms with Gasteiger partial charge in [-0.05, 0) is 30.5 Å². The maximum atomic E-state index is 11.9. The molecule has 0 unspecified atom stereocenters. The van der Waals surface area contributed by atoms with E-state index >= 15 is 0 Å². The first kappa shape index (κ1) is 14.5. The summed E-state index contributed by atoms with van der Waals surface area (Å²) in [6.45, 7) is 0. The van der Waals surface area contributed by atoms with Gasteiger partial charge in [-0.1, -0.05) is 41.9 Å². The summed E-state index contributed by atoms with van der Waals surface area (Å²) >= 11 is 5.73. The van der Waals surface area contributed by atoms with E-state index < -0.39 is 6.04 Å². The number of pyridine rings is 1. The summed E-state index contributed by atoms with van der Waals surface area (Å²) in [4.78, 5) is 15.9. The molecule has 1 amide bonds. The summed E-state index contributed by atoms with van der Waals surface area (Å²) in [6.07, 6.45) is 2.83. The highest BCUT2D eigenvalue weighted by Crippen LogP contribution is 2.10. The van der Waals surface area contributed by atoms with E-state index in [1.165, 1.54) is 11.8 Å². The Labute approximate surface area is 123 Å². The standard InChI is InChI=1S/C15H16ClN3O/c16-12-7-9-14(18-10-12)19-15(20)13(17)8-6-11-4-2-1-3-5-11/h1-5,7,9-10,13H,6,8,17H2,(H,18,19,20)/t13-/m0/s1. The Kier molecular flexibility index (Phi) is 5.09. The molecule has 0 spiro atoms. The van der Waals surface area contributed by atoms with Gasteiger partial charge in [-0.2, -0.15) is 0 Å². The summed E-state index contributed by atoms with van der Waals surface area (Å²) in [6, 6.07) is 12.7. The molecule has 0 fully saturated rings. The van der Waals surface area contributed by atoms with Crippen molar-refractivity contribution in [2.24, 2.45) is 5.73 Å². The van der Waals surface area contributed by atoms with Crippen molar-refractivity contribution in [1.82, 2.24) is 4.98 Å². The monoisotopic (exact) mass is 289 g/mol. The van der Waals surface area contributed by atoms with Crippen molar-refractivity contribution in [2.75, 3.05) is 5.32 Å². The second-order valence-electron chi connectivity index (χ2n) is 4.48. The van der Waals surface area contributed by atoms with Gasteiger partial charge in [0.05, 0.1) is 11.1 Å². The summed E-state index contributed by atoms with van der Waals surface area (Å²) < 4.78 is 0. The molecule has 0 aliphatic heterocycles. The lowest BCUT2D eigenvalue weighted by atomic mass is 10.1. The Bertz CT molecular complexity index is 557. The number of benzene rings is 1. The van der Waals surface area contributed by atoms with E-state index in [1.807, 2.05) is 30.3 Å². The van der Waals surface area contributed by atoms with Crippen LogP contribution in [0.25, 0.3) is 0 Å². The number of aryl methyl sites for hydroxylation is 1. The number of anilines is 1. The van der Waals surface area contributed by atoms with Crippen molar-refractivity contribution >= 4 is 23.3 Å². The minimum atomic E-state index is -0.562. The maximum absolute atomic E-state index is 11.9. The van der Waals surface area contributed by atoms with Crippen LogP contribution in [0.5, 0.6) is 0 Å². The van der Waals surface area contributed by atoms with E-state index in [1.54, 1.807) is 12.1 Å². The lowest BCUT2D eigenvalue weighted by molar-refractivity contribution is -0.117. The normalized spacial score (nSPS) is 11.9. The van der Waals surface area contributed by atoms with Crippen LogP contribution in [0, 0.1) is 0 Å². The number of amides is 1. The van der Waals surface area contributed by atoms with Gasteiger partial charge in [-0.3, -0.25) is 4.79 Å². The van der Waals surface area contributed by atoms with E-state index in [0.717, 1.165) is 6.42 Å². The van der Waals surface area contributed by atoms with E-state index in [9.17, 15) is 4.79 Å². The highest BCUT2D eigenvalue weighted by molar-refractivity contribution is 6.30. The Hall–Kier alpha value is -1.91. The second-order valence-corrected chi connectivity index (χ2v) is 4.92. The molecule has 104 valence electrons. The predicted octanol–water partition coefficient (Wildman–Crippen LogP) is 2.63. The van der Waals surface area contributed by atoms with Crippen LogP contribution in [-0.2, 0) is 11.2 Å². The van der Waals surface area contributed by atoms with Gasteiger partial charge in [0, 0.05) is 6.20 Å². The van der Waals surface area contributed by atoms with E-state index in [0.29, 0.717) is 17.3 Å². The summed E-state index contributed by atoms with van der Waals surface area (Å²) in [5.74, 6) is 0.213. The minimum Gasteiger partial charge on any atom is -0.320 e. The van der Waals surface area contributed by atoms with Gasteiger partial charge < -0.3 is 11.1 Å². The first-order valence-electron chi connectivity index (χ1n) is 6.37. The smallest absolute Gasteiger partial charge is 0.242 e. The van der Waals surface area contributed by atoms with Crippen LogP contribution in [0.15, 0.2) is 48.7 Å². The van der Waals surface area contributed by atoms with Crippen LogP contribution in [0.2, 0.25) is 5.02 Å². The van der Waals surface area contributed by atoms with Gasteiger partial charge in [0.1, 0.15) is 5.82 Å². The number of nitrogens with zero attached hydrogens (tertiary/aromatic N) is 1. The first-order chi connectivity index (χ1) is 9.65. The Morgan fingerprint density at radius 1 is 1.25 bits per heavy atom. The number of aromatic nitrogens is 1. The molecule has 20 heavy (non-hydrogen) atoms. The number of carbonyl (C=O) groups is 1. The lowest BCUT2D eigenvalue weighted by Crippen LogP contribution is -2.36. The molecule has 0 saturated heterocycles. The SMILES string of the molecule is N[C@@H](CCc1ccccc1)C(=O)Nc1ccc(Cl)cn1. The average Bonchev–Trinajstić information content (AvgIpc) is 2.48. The molecular formula is C15H16ClN3O. The third kappa shape index (κ3) is 4.33. The van der Waals surface area contributed by atoms with Crippen molar-refractivity contribution in [2.45, 2.75) is 18.9 Å². The van der Waals surface area contributed by atoms with Crippen LogP contribution in [0.3, 0.4) is 0 Å². The Morgan fingerprint density at radius 3 is 2.65 bits per heavy atom. The molecule has 3 N–H and O–H groups in total. The van der Waals surface area contributed by atoms with Gasteiger partial charge in [-0.15, -0.1) is 0 Å². The molecule has 5 heteroatoms. The Morgan fingerprint density at radius 2 is 2.00 bits per heavy atom. The maximum Gasteiger partial charge on any atom is 0.242 e. The number of nitrogens with one attached hydrogen (secondary N) is 1. The number of halogens is 1. The third-order valence-electron chi connectivity index (χ3n) is 2.90. The van der Waals surface area contributed by atoms with Gasteiger partial charge in [0.2, 0.25) is 5.91 Å². The molecule has 1 atom stereocenters. The topological polar surface area (TPSA) is 68.0 Å². The van der Waals surface area contributed by atoms with Crippen LogP contribution in [0.1, 0.15) is 12.0 Å². The third-order valence-corrected chi connectivity index (χ3v) is 3.13. The highest BCUT2D eigenvalue weighted by atomic mass is 35.5. The minimum absolute atomic E-state index is 0.240. The first-order valence-corrected chi connectivity index (χ1v) is 6.75. The van der Waals surface area contributed by atoms with E-state index in [4.69, 9.17) is 17.3 Å². The van der Waals surface area contributed by atoms with Crippen molar-refractivity contribution in [1.29, 1.82) is 0 Å². The van der Waals surface area contributed by atoms with Crippen LogP contribution in [0.4, 0.5) is 5.82 Å². The summed E-state index contributed by atoms with van der Waals surface area (Å²) in [5, 5.41) is 3.20. The number of hydrogen-bond donors (Lipinski definition) is 2. The van der Waals surface area contributed by atoms with Gasteiger partial charge in [0.25, 0.3) is 0 Å². The predicted molar refractivity (Wildman–Crippen MR) is 80.6 cm³/mol. The molecule has 0 saturated carbocycles. The van der Waals surface area contributed by atoms with Crippen LogP contribution < -0.4 is 11.1 Å². The molecule has 4 nitrogen and oxygen atoms in total. The van der Waals surface area contributed by atoms with Crippen molar-refractivity contribution in [3.8, 4) is 0 Å². The van der Waals surface area contributed by atoms with Gasteiger partial charge >= 0.3 is 0 Å². The number of nitrogens with two attached hydrogens (primary N) is 1. The molecule has 2 aromatic rings. The summed E-state index contributed by atoms with van der Waals surface area (Å²) in [5.41, 5.74) is 7.04. The molecule has 0 bridgehead atoms. The molecule has 2 rings (SSSR count). The number of hydrogen-bond acceptors (Lipinski definition) is 3. The van der Waals surface area contributed by atoms with Gasteiger partial charge in [-0.25, -0.2) is 4.98 Å². The zero-order chi connectivity index (χ0) is 14.4. The van der Waals surface area contributed by atoms with Crippen LogP contribution in [-0.4, -0.2) is 16.9 Å². The molecule has 0 aliphatic carbocycles. The average molecular weight is 290 g/mol. The van der Waals surface area contributed by atoms with Crippen molar-refractivity contribution < 1.29 is 4.79 Å². The van der Waals surface area contributed by atoms with Crippen LogP contribution >= 0.6 is 11.6 Å². The molecule has 1 aromatic heterocycles. The van der Waals surface area contributed by atoms with Crippen molar-refractivity contribution in [3.05, 3.63) is 59.2 Å². The van der Waals surface area contributed by atoms with Gasteiger partial charge in [0.15, 0.2) is 0 Å². The number of carbonyl (C=O) groups excluding carboxylic acids is 1. The van der Waals surface area contributed by atoms with E-state index in [-0.39, 0.29) is 5.91 Å². The quantitative estimate of drug-likeness (QED) is 0.889. The zero-order valence-corrected chi connectivity index (χ0v) is 11.7. The zero-order valence-electron chi connectivity index (χ0n) is 10.9. The molecular weight excluding hydrogens is 274 g/mol. The molecule has 0 radical (unpaired) electrons. The fraction of sp³-hybridized carbons (Fsp3) is 0.200. The molecule has 1 heterocycles. The summed E-state index contributed by atoms with van der Waals surface area (Å²) in [7, 11) is 0.